The van der Waals surface area contributed by atoms with Crippen LogP contribution in [0.25, 0.3) is 22.2 Å². The SMILES string of the molecule is CC(NC(=O)Cc1noc2ccccc12)c1ncc(-c2ccccc2)[nH]1. The molecule has 0 fully saturated rings. The zero-order valence-corrected chi connectivity index (χ0v) is 14.3. The van der Waals surface area contributed by atoms with Gasteiger partial charge in [-0.1, -0.05) is 47.6 Å². The van der Waals surface area contributed by atoms with Crippen LogP contribution in [-0.4, -0.2) is 21.0 Å². The van der Waals surface area contributed by atoms with E-state index in [1.165, 1.54) is 0 Å². The van der Waals surface area contributed by atoms with E-state index in [1.807, 2.05) is 61.5 Å². The lowest BCUT2D eigenvalue weighted by Crippen LogP contribution is -2.28. The molecule has 2 heterocycles. The summed E-state index contributed by atoms with van der Waals surface area (Å²) in [4.78, 5) is 20.0. The highest BCUT2D eigenvalue weighted by molar-refractivity contribution is 5.86. The topological polar surface area (TPSA) is 83.8 Å². The average molecular weight is 346 g/mol. The lowest BCUT2D eigenvalue weighted by atomic mass is 10.1. The molecule has 0 radical (unpaired) electrons. The minimum atomic E-state index is -0.238. The summed E-state index contributed by atoms with van der Waals surface area (Å²) in [6, 6.07) is 17.2. The number of fused-ring (bicyclic) bond motifs is 1. The Bertz CT molecular complexity index is 1040. The molecule has 4 aromatic rings. The Morgan fingerprint density at radius 3 is 2.77 bits per heavy atom. The number of para-hydroxylation sites is 1. The summed E-state index contributed by atoms with van der Waals surface area (Å²) in [5, 5.41) is 7.81. The van der Waals surface area contributed by atoms with Gasteiger partial charge in [0.15, 0.2) is 5.58 Å². The van der Waals surface area contributed by atoms with Crippen molar-refractivity contribution in [2.45, 2.75) is 19.4 Å². The lowest BCUT2D eigenvalue weighted by molar-refractivity contribution is -0.121. The van der Waals surface area contributed by atoms with Crippen LogP contribution in [-0.2, 0) is 11.2 Å². The fraction of sp³-hybridized carbons (Fsp3) is 0.150. The van der Waals surface area contributed by atoms with Gasteiger partial charge in [0.2, 0.25) is 5.91 Å². The van der Waals surface area contributed by atoms with Gasteiger partial charge in [0.05, 0.1) is 24.4 Å². The summed E-state index contributed by atoms with van der Waals surface area (Å²) in [5.74, 6) is 0.580. The molecule has 1 amide bonds. The second-order valence-electron chi connectivity index (χ2n) is 6.14. The van der Waals surface area contributed by atoms with Crippen LogP contribution in [0.2, 0.25) is 0 Å². The molecule has 0 saturated carbocycles. The van der Waals surface area contributed by atoms with Crippen molar-refractivity contribution >= 4 is 16.9 Å². The van der Waals surface area contributed by atoms with Crippen molar-refractivity contribution in [1.29, 1.82) is 0 Å². The van der Waals surface area contributed by atoms with E-state index in [2.05, 4.69) is 20.4 Å². The zero-order valence-electron chi connectivity index (χ0n) is 14.3. The number of hydrogen-bond donors (Lipinski definition) is 2. The molecule has 0 saturated heterocycles. The number of nitrogens with zero attached hydrogens (tertiary/aromatic N) is 2. The number of aromatic amines is 1. The van der Waals surface area contributed by atoms with E-state index in [0.29, 0.717) is 17.1 Å². The molecule has 2 aromatic carbocycles. The Kier molecular flexibility index (Phi) is 4.23. The van der Waals surface area contributed by atoms with Gasteiger partial charge in [-0.05, 0) is 24.6 Å². The Hall–Kier alpha value is -3.41. The Labute approximate surface area is 150 Å². The van der Waals surface area contributed by atoms with E-state index in [0.717, 1.165) is 16.6 Å². The van der Waals surface area contributed by atoms with Gasteiger partial charge in [0.1, 0.15) is 11.5 Å². The largest absolute Gasteiger partial charge is 0.356 e. The molecule has 1 unspecified atom stereocenters. The van der Waals surface area contributed by atoms with Crippen molar-refractivity contribution in [2.24, 2.45) is 0 Å². The lowest BCUT2D eigenvalue weighted by Gasteiger charge is -2.11. The van der Waals surface area contributed by atoms with Gasteiger partial charge < -0.3 is 14.8 Å². The molecular formula is C20H18N4O2. The fourth-order valence-electron chi connectivity index (χ4n) is 2.90. The molecule has 2 N–H and O–H groups in total. The first-order valence-electron chi connectivity index (χ1n) is 8.43. The van der Waals surface area contributed by atoms with Crippen molar-refractivity contribution in [3.63, 3.8) is 0 Å². The van der Waals surface area contributed by atoms with E-state index in [-0.39, 0.29) is 18.4 Å². The first-order chi connectivity index (χ1) is 12.7. The Morgan fingerprint density at radius 2 is 1.92 bits per heavy atom. The fourth-order valence-corrected chi connectivity index (χ4v) is 2.90. The zero-order chi connectivity index (χ0) is 17.9. The summed E-state index contributed by atoms with van der Waals surface area (Å²) in [6.45, 7) is 1.90. The molecule has 6 nitrogen and oxygen atoms in total. The van der Waals surface area contributed by atoms with Crippen LogP contribution in [0.4, 0.5) is 0 Å². The minimum absolute atomic E-state index is 0.130. The normalized spacial score (nSPS) is 12.2. The molecule has 26 heavy (non-hydrogen) atoms. The predicted molar refractivity (Wildman–Crippen MR) is 98.3 cm³/mol. The third kappa shape index (κ3) is 3.21. The second kappa shape index (κ2) is 6.84. The molecular weight excluding hydrogens is 328 g/mol. The number of rotatable bonds is 5. The molecule has 6 heteroatoms. The first-order valence-corrected chi connectivity index (χ1v) is 8.43. The second-order valence-corrected chi connectivity index (χ2v) is 6.14. The number of aromatic nitrogens is 3. The smallest absolute Gasteiger partial charge is 0.226 e. The molecule has 0 aliphatic carbocycles. The highest BCUT2D eigenvalue weighted by Gasteiger charge is 2.16. The number of nitrogens with one attached hydrogen (secondary N) is 2. The van der Waals surface area contributed by atoms with Gasteiger partial charge >= 0.3 is 0 Å². The number of carbonyl (C=O) groups excluding carboxylic acids is 1. The van der Waals surface area contributed by atoms with E-state index >= 15 is 0 Å². The summed E-state index contributed by atoms with van der Waals surface area (Å²) in [7, 11) is 0. The van der Waals surface area contributed by atoms with Crippen LogP contribution >= 0.6 is 0 Å². The van der Waals surface area contributed by atoms with Crippen molar-refractivity contribution in [3.8, 4) is 11.3 Å². The highest BCUT2D eigenvalue weighted by Crippen LogP contribution is 2.20. The molecule has 130 valence electrons. The summed E-state index contributed by atoms with van der Waals surface area (Å²) in [6.07, 6.45) is 1.94. The molecule has 0 aliphatic heterocycles. The number of carbonyl (C=O) groups is 1. The van der Waals surface area contributed by atoms with Crippen LogP contribution < -0.4 is 5.32 Å². The van der Waals surface area contributed by atoms with Crippen LogP contribution in [0.3, 0.4) is 0 Å². The van der Waals surface area contributed by atoms with Crippen LogP contribution in [0.1, 0.15) is 24.5 Å². The standard InChI is InChI=1S/C20H18N4O2/c1-13(20-21-12-17(23-20)14-7-3-2-4-8-14)22-19(25)11-16-15-9-5-6-10-18(15)26-24-16/h2-10,12-13H,11H2,1H3,(H,21,23)(H,22,25). The molecule has 4 rings (SSSR count). The average Bonchev–Trinajstić information content (AvgIpc) is 3.30. The highest BCUT2D eigenvalue weighted by atomic mass is 16.5. The third-order valence-electron chi connectivity index (χ3n) is 4.25. The quantitative estimate of drug-likeness (QED) is 0.578. The Balaban J connectivity index is 1.44. The predicted octanol–water partition coefficient (Wildman–Crippen LogP) is 3.64. The maximum absolute atomic E-state index is 12.4. The molecule has 2 aromatic heterocycles. The minimum Gasteiger partial charge on any atom is -0.356 e. The number of hydrogen-bond acceptors (Lipinski definition) is 4. The van der Waals surface area contributed by atoms with Gasteiger partial charge in [0.25, 0.3) is 0 Å². The first kappa shape index (κ1) is 16.1. The monoisotopic (exact) mass is 346 g/mol. The number of H-pyrrole nitrogens is 1. The summed E-state index contributed by atoms with van der Waals surface area (Å²) >= 11 is 0. The maximum atomic E-state index is 12.4. The third-order valence-corrected chi connectivity index (χ3v) is 4.25. The van der Waals surface area contributed by atoms with Crippen molar-refractivity contribution in [3.05, 3.63) is 72.3 Å². The van der Waals surface area contributed by atoms with Crippen LogP contribution in [0.5, 0.6) is 0 Å². The van der Waals surface area contributed by atoms with Crippen molar-refractivity contribution < 1.29 is 9.32 Å². The molecule has 0 spiro atoms. The van der Waals surface area contributed by atoms with Crippen molar-refractivity contribution in [2.75, 3.05) is 0 Å². The number of amides is 1. The number of imidazole rings is 1. The number of benzene rings is 2. The molecule has 1 atom stereocenters. The van der Waals surface area contributed by atoms with Crippen LogP contribution in [0.15, 0.2) is 65.3 Å². The summed E-state index contributed by atoms with van der Waals surface area (Å²) < 4.78 is 5.24. The van der Waals surface area contributed by atoms with Crippen LogP contribution in [0, 0.1) is 0 Å². The van der Waals surface area contributed by atoms with E-state index < -0.39 is 0 Å². The molecule has 0 aliphatic rings. The summed E-state index contributed by atoms with van der Waals surface area (Å²) in [5.41, 5.74) is 3.29. The Morgan fingerprint density at radius 1 is 1.15 bits per heavy atom. The van der Waals surface area contributed by atoms with Gasteiger partial charge in [-0.25, -0.2) is 4.98 Å². The maximum Gasteiger partial charge on any atom is 0.226 e. The van der Waals surface area contributed by atoms with Crippen molar-refractivity contribution in [1.82, 2.24) is 20.4 Å². The van der Waals surface area contributed by atoms with Gasteiger partial charge in [0, 0.05) is 5.39 Å². The van der Waals surface area contributed by atoms with E-state index in [4.69, 9.17) is 4.52 Å². The van der Waals surface area contributed by atoms with Gasteiger partial charge in [-0.3, -0.25) is 4.79 Å². The van der Waals surface area contributed by atoms with E-state index in [9.17, 15) is 4.79 Å². The van der Waals surface area contributed by atoms with E-state index in [1.54, 1.807) is 6.20 Å². The molecule has 0 bridgehead atoms. The van der Waals surface area contributed by atoms with Gasteiger partial charge in [-0.15, -0.1) is 0 Å². The van der Waals surface area contributed by atoms with Gasteiger partial charge in [-0.2, -0.15) is 0 Å².